The Balaban J connectivity index is 1.56. The van der Waals surface area contributed by atoms with Gasteiger partial charge in [0.15, 0.2) is 0 Å². The molecule has 0 spiro atoms. The van der Waals surface area contributed by atoms with E-state index in [1.807, 2.05) is 0 Å². The number of nitrogens with zero attached hydrogens (tertiary/aromatic N) is 2. The number of amides is 1. The minimum Gasteiger partial charge on any atom is -0.379 e. The average Bonchev–Trinajstić information content (AvgIpc) is 3.22. The van der Waals surface area contributed by atoms with Gasteiger partial charge in [0.05, 0.1) is 18.5 Å². The molecular formula is C19H35N3O4S. The molecule has 0 aromatic heterocycles. The fourth-order valence-corrected chi connectivity index (χ4v) is 6.14. The molecule has 2 aliphatic heterocycles. The normalized spacial score (nSPS) is 26.4. The van der Waals surface area contributed by atoms with Crippen LogP contribution in [0.15, 0.2) is 0 Å². The molecule has 2 saturated heterocycles. The van der Waals surface area contributed by atoms with Crippen LogP contribution in [0.5, 0.6) is 0 Å². The highest BCUT2D eigenvalue weighted by Gasteiger charge is 2.37. The predicted molar refractivity (Wildman–Crippen MR) is 105 cm³/mol. The summed E-state index contributed by atoms with van der Waals surface area (Å²) >= 11 is 0. The van der Waals surface area contributed by atoms with Crippen molar-refractivity contribution >= 4 is 15.9 Å². The molecule has 1 saturated carbocycles. The van der Waals surface area contributed by atoms with Gasteiger partial charge in [0, 0.05) is 44.2 Å². The first-order valence-electron chi connectivity index (χ1n) is 10.4. The molecule has 0 aromatic rings. The molecule has 27 heavy (non-hydrogen) atoms. The Morgan fingerprint density at radius 2 is 1.74 bits per heavy atom. The van der Waals surface area contributed by atoms with Crippen molar-refractivity contribution in [3.63, 3.8) is 0 Å². The summed E-state index contributed by atoms with van der Waals surface area (Å²) in [6, 6.07) is 0. The maximum atomic E-state index is 12.9. The molecule has 7 nitrogen and oxygen atoms in total. The van der Waals surface area contributed by atoms with Crippen LogP contribution < -0.4 is 4.72 Å². The fourth-order valence-electron chi connectivity index (χ4n) is 4.50. The molecule has 3 rings (SSSR count). The molecule has 1 N–H and O–H groups in total. The third kappa shape index (κ3) is 5.22. The number of carbonyl (C=O) groups excluding carboxylic acids is 1. The van der Waals surface area contributed by atoms with Gasteiger partial charge in [0.2, 0.25) is 15.9 Å². The van der Waals surface area contributed by atoms with E-state index < -0.39 is 15.3 Å². The molecule has 2 heterocycles. The highest BCUT2D eigenvalue weighted by molar-refractivity contribution is 7.90. The van der Waals surface area contributed by atoms with Crippen molar-refractivity contribution in [3.05, 3.63) is 0 Å². The van der Waals surface area contributed by atoms with E-state index in [2.05, 4.69) is 23.5 Å². The van der Waals surface area contributed by atoms with Crippen LogP contribution in [0.4, 0.5) is 0 Å². The standard InChI is InChI=1S/C19H35N3O4S/c1-19(2,22-10-12-26-13-11-22)15-20-27(24,25)17-8-5-9-21(14-17)18(23)16-6-3-4-7-16/h16-17,20H,3-15H2,1-2H3/t17-/m0/s1. The summed E-state index contributed by atoms with van der Waals surface area (Å²) in [5, 5.41) is -0.503. The number of hydrogen-bond acceptors (Lipinski definition) is 5. The van der Waals surface area contributed by atoms with Crippen molar-refractivity contribution in [2.24, 2.45) is 5.92 Å². The predicted octanol–water partition coefficient (Wildman–Crippen LogP) is 1.20. The summed E-state index contributed by atoms with van der Waals surface area (Å²) in [5.41, 5.74) is -0.259. The van der Waals surface area contributed by atoms with E-state index in [9.17, 15) is 13.2 Å². The van der Waals surface area contributed by atoms with Gasteiger partial charge in [-0.05, 0) is 39.5 Å². The van der Waals surface area contributed by atoms with Gasteiger partial charge in [-0.25, -0.2) is 13.1 Å². The smallest absolute Gasteiger partial charge is 0.225 e. The second kappa shape index (κ2) is 8.76. The van der Waals surface area contributed by atoms with E-state index in [1.165, 1.54) is 0 Å². The van der Waals surface area contributed by atoms with Crippen LogP contribution in [-0.4, -0.2) is 80.9 Å². The lowest BCUT2D eigenvalue weighted by atomic mass is 10.0. The zero-order valence-electron chi connectivity index (χ0n) is 16.8. The van der Waals surface area contributed by atoms with Gasteiger partial charge in [-0.1, -0.05) is 12.8 Å². The van der Waals surface area contributed by atoms with Crippen LogP contribution in [0, 0.1) is 5.92 Å². The van der Waals surface area contributed by atoms with E-state index >= 15 is 0 Å². The second-order valence-electron chi connectivity index (χ2n) is 8.81. The van der Waals surface area contributed by atoms with Crippen LogP contribution in [0.2, 0.25) is 0 Å². The zero-order valence-corrected chi connectivity index (χ0v) is 17.6. The summed E-state index contributed by atoms with van der Waals surface area (Å²) in [5.74, 6) is 0.278. The lowest BCUT2D eigenvalue weighted by Gasteiger charge is -2.41. The monoisotopic (exact) mass is 401 g/mol. The Bertz CT molecular complexity index is 610. The minimum absolute atomic E-state index is 0.111. The molecule has 156 valence electrons. The molecule has 3 fully saturated rings. The number of nitrogens with one attached hydrogen (secondary N) is 1. The third-order valence-corrected chi connectivity index (χ3v) is 8.22. The maximum absolute atomic E-state index is 12.9. The van der Waals surface area contributed by atoms with E-state index in [0.29, 0.717) is 39.3 Å². The van der Waals surface area contributed by atoms with Gasteiger partial charge < -0.3 is 9.64 Å². The Morgan fingerprint density at radius 3 is 2.41 bits per heavy atom. The zero-order chi connectivity index (χ0) is 19.5. The van der Waals surface area contributed by atoms with Crippen molar-refractivity contribution in [1.29, 1.82) is 0 Å². The van der Waals surface area contributed by atoms with Gasteiger partial charge in [0.1, 0.15) is 0 Å². The summed E-state index contributed by atoms with van der Waals surface area (Å²) in [4.78, 5) is 16.8. The Kier molecular flexibility index (Phi) is 6.82. The van der Waals surface area contributed by atoms with Crippen LogP contribution in [0.25, 0.3) is 0 Å². The fraction of sp³-hybridized carbons (Fsp3) is 0.947. The van der Waals surface area contributed by atoms with Crippen LogP contribution >= 0.6 is 0 Å². The molecular weight excluding hydrogens is 366 g/mol. The molecule has 1 amide bonds. The first kappa shape index (κ1) is 21.0. The summed E-state index contributed by atoms with van der Waals surface area (Å²) < 4.78 is 34.1. The first-order valence-corrected chi connectivity index (χ1v) is 11.9. The summed E-state index contributed by atoms with van der Waals surface area (Å²) in [6.45, 7) is 8.57. The minimum atomic E-state index is -3.45. The van der Waals surface area contributed by atoms with Crippen molar-refractivity contribution in [2.45, 2.75) is 63.2 Å². The van der Waals surface area contributed by atoms with Crippen molar-refractivity contribution in [3.8, 4) is 0 Å². The van der Waals surface area contributed by atoms with Gasteiger partial charge in [-0.2, -0.15) is 0 Å². The van der Waals surface area contributed by atoms with E-state index in [4.69, 9.17) is 4.74 Å². The number of carbonyl (C=O) groups is 1. The van der Waals surface area contributed by atoms with Crippen LogP contribution in [0.3, 0.4) is 0 Å². The molecule has 0 radical (unpaired) electrons. The molecule has 0 bridgehead atoms. The van der Waals surface area contributed by atoms with Crippen molar-refractivity contribution < 1.29 is 17.9 Å². The number of likely N-dealkylation sites (tertiary alicyclic amines) is 1. The number of piperidine rings is 1. The van der Waals surface area contributed by atoms with Crippen molar-refractivity contribution in [1.82, 2.24) is 14.5 Å². The summed E-state index contributed by atoms with van der Waals surface area (Å²) in [6.07, 6.45) is 5.53. The molecule has 1 aliphatic carbocycles. The number of morpholine rings is 1. The molecule has 1 atom stereocenters. The Hall–Kier alpha value is -0.700. The van der Waals surface area contributed by atoms with Gasteiger partial charge >= 0.3 is 0 Å². The van der Waals surface area contributed by atoms with Gasteiger partial charge in [-0.15, -0.1) is 0 Å². The third-order valence-electron chi connectivity index (χ3n) is 6.41. The highest BCUT2D eigenvalue weighted by atomic mass is 32.2. The number of ether oxygens (including phenoxy) is 1. The Labute approximate surface area is 163 Å². The Morgan fingerprint density at radius 1 is 1.07 bits per heavy atom. The number of hydrogen-bond donors (Lipinski definition) is 1. The number of sulfonamides is 1. The van der Waals surface area contributed by atoms with Gasteiger partial charge in [-0.3, -0.25) is 9.69 Å². The quantitative estimate of drug-likeness (QED) is 0.723. The molecule has 3 aliphatic rings. The molecule has 0 unspecified atom stereocenters. The topological polar surface area (TPSA) is 79.0 Å². The van der Waals surface area contributed by atoms with E-state index in [0.717, 1.165) is 45.2 Å². The second-order valence-corrected chi connectivity index (χ2v) is 10.9. The molecule has 8 heteroatoms. The lowest BCUT2D eigenvalue weighted by molar-refractivity contribution is -0.136. The maximum Gasteiger partial charge on any atom is 0.225 e. The average molecular weight is 402 g/mol. The summed E-state index contributed by atoms with van der Waals surface area (Å²) in [7, 11) is -3.45. The lowest BCUT2D eigenvalue weighted by Crippen LogP contribution is -2.57. The van der Waals surface area contributed by atoms with Gasteiger partial charge in [0.25, 0.3) is 0 Å². The van der Waals surface area contributed by atoms with E-state index in [-0.39, 0.29) is 17.4 Å². The number of rotatable bonds is 6. The van der Waals surface area contributed by atoms with E-state index in [1.54, 1.807) is 4.90 Å². The van der Waals surface area contributed by atoms with Crippen LogP contribution in [0.1, 0.15) is 52.4 Å². The first-order chi connectivity index (χ1) is 12.8. The van der Waals surface area contributed by atoms with Crippen LogP contribution in [-0.2, 0) is 19.6 Å². The highest BCUT2D eigenvalue weighted by Crippen LogP contribution is 2.28. The molecule has 0 aromatic carbocycles. The van der Waals surface area contributed by atoms with Crippen molar-refractivity contribution in [2.75, 3.05) is 45.9 Å². The SMILES string of the molecule is CC(C)(CNS(=O)(=O)[C@H]1CCCN(C(=O)C2CCCC2)C1)N1CCOCC1. The largest absolute Gasteiger partial charge is 0.379 e.